The molecule has 3 heterocycles. The predicted octanol–water partition coefficient (Wildman–Crippen LogP) is 1.83. The SMILES string of the molecule is O=C(Nc1cnn(C2CCOCC2)c1)c1c[nH]c(=O)c(Cl)c1. The van der Waals surface area contributed by atoms with Crippen molar-refractivity contribution in [1.82, 2.24) is 14.8 Å². The van der Waals surface area contributed by atoms with Gasteiger partial charge in [-0.2, -0.15) is 5.10 Å². The number of hydrogen-bond acceptors (Lipinski definition) is 4. The van der Waals surface area contributed by atoms with Gasteiger partial charge >= 0.3 is 0 Å². The van der Waals surface area contributed by atoms with Crippen LogP contribution in [-0.2, 0) is 4.74 Å². The van der Waals surface area contributed by atoms with Gasteiger partial charge in [0.25, 0.3) is 11.5 Å². The number of anilines is 1. The summed E-state index contributed by atoms with van der Waals surface area (Å²) in [7, 11) is 0. The smallest absolute Gasteiger partial charge is 0.266 e. The molecule has 1 aliphatic heterocycles. The van der Waals surface area contributed by atoms with Crippen molar-refractivity contribution in [1.29, 1.82) is 0 Å². The third-order valence-corrected chi connectivity index (χ3v) is 3.83. The monoisotopic (exact) mass is 322 g/mol. The number of carbonyl (C=O) groups excluding carboxylic acids is 1. The Kier molecular flexibility index (Phi) is 4.26. The van der Waals surface area contributed by atoms with E-state index in [2.05, 4.69) is 15.4 Å². The summed E-state index contributed by atoms with van der Waals surface area (Å²) in [4.78, 5) is 25.7. The number of halogens is 1. The summed E-state index contributed by atoms with van der Waals surface area (Å²) in [5.74, 6) is -0.357. The normalized spacial score (nSPS) is 15.7. The van der Waals surface area contributed by atoms with Crippen LogP contribution in [0.5, 0.6) is 0 Å². The van der Waals surface area contributed by atoms with E-state index in [1.807, 2.05) is 4.68 Å². The fourth-order valence-corrected chi connectivity index (χ4v) is 2.51. The zero-order chi connectivity index (χ0) is 15.5. The third kappa shape index (κ3) is 3.20. The minimum Gasteiger partial charge on any atom is -0.381 e. The number of nitrogens with zero attached hydrogens (tertiary/aromatic N) is 2. The highest BCUT2D eigenvalue weighted by Gasteiger charge is 2.17. The summed E-state index contributed by atoms with van der Waals surface area (Å²) in [6.45, 7) is 1.45. The highest BCUT2D eigenvalue weighted by atomic mass is 35.5. The van der Waals surface area contributed by atoms with Crippen LogP contribution in [0, 0.1) is 0 Å². The van der Waals surface area contributed by atoms with Crippen LogP contribution in [0.3, 0.4) is 0 Å². The van der Waals surface area contributed by atoms with Crippen molar-refractivity contribution in [2.45, 2.75) is 18.9 Å². The summed E-state index contributed by atoms with van der Waals surface area (Å²) in [6.07, 6.45) is 6.53. The molecule has 0 saturated carbocycles. The standard InChI is InChI=1S/C14H15ClN4O3/c15-12-5-9(6-16-14(12)21)13(20)18-10-7-17-19(8-10)11-1-3-22-4-2-11/h5-8,11H,1-4H2,(H,16,21)(H,18,20). The lowest BCUT2D eigenvalue weighted by molar-refractivity contribution is 0.0662. The molecule has 0 spiro atoms. The molecule has 0 unspecified atom stereocenters. The number of carbonyl (C=O) groups is 1. The fraction of sp³-hybridized carbons (Fsp3) is 0.357. The second-order valence-electron chi connectivity index (χ2n) is 5.07. The minimum absolute atomic E-state index is 0.0226. The molecule has 2 N–H and O–H groups in total. The van der Waals surface area contributed by atoms with Crippen molar-refractivity contribution >= 4 is 23.2 Å². The van der Waals surface area contributed by atoms with Gasteiger partial charge in [0.2, 0.25) is 0 Å². The number of aromatic nitrogens is 3. The van der Waals surface area contributed by atoms with Gasteiger partial charge in [-0.15, -0.1) is 0 Å². The van der Waals surface area contributed by atoms with Gasteiger partial charge in [-0.25, -0.2) is 0 Å². The average Bonchev–Trinajstić information content (AvgIpc) is 2.99. The summed E-state index contributed by atoms with van der Waals surface area (Å²) < 4.78 is 7.16. The first-order valence-electron chi connectivity index (χ1n) is 6.95. The highest BCUT2D eigenvalue weighted by molar-refractivity contribution is 6.30. The van der Waals surface area contributed by atoms with Gasteiger partial charge in [0, 0.05) is 25.6 Å². The minimum atomic E-state index is -0.425. The van der Waals surface area contributed by atoms with Gasteiger partial charge in [-0.05, 0) is 18.9 Å². The summed E-state index contributed by atoms with van der Waals surface area (Å²) in [5, 5.41) is 6.99. The first kappa shape index (κ1) is 14.8. The van der Waals surface area contributed by atoms with Crippen LogP contribution in [0.2, 0.25) is 5.02 Å². The van der Waals surface area contributed by atoms with Crippen LogP contribution < -0.4 is 10.9 Å². The van der Waals surface area contributed by atoms with Gasteiger partial charge in [-0.1, -0.05) is 11.6 Å². The lowest BCUT2D eigenvalue weighted by Crippen LogP contribution is -2.20. The lowest BCUT2D eigenvalue weighted by atomic mass is 10.1. The van der Waals surface area contributed by atoms with Gasteiger partial charge in [0.15, 0.2) is 0 Å². The van der Waals surface area contributed by atoms with Crippen LogP contribution in [-0.4, -0.2) is 33.9 Å². The summed E-state index contributed by atoms with van der Waals surface area (Å²) in [6, 6.07) is 1.63. The van der Waals surface area contributed by atoms with E-state index in [0.29, 0.717) is 11.7 Å². The van der Waals surface area contributed by atoms with Gasteiger partial charge in [0.1, 0.15) is 5.02 Å². The molecule has 1 amide bonds. The highest BCUT2D eigenvalue weighted by Crippen LogP contribution is 2.21. The molecule has 1 aliphatic rings. The van der Waals surface area contributed by atoms with Crippen molar-refractivity contribution in [3.63, 3.8) is 0 Å². The molecule has 2 aromatic rings. The van der Waals surface area contributed by atoms with Crippen molar-refractivity contribution in [2.75, 3.05) is 18.5 Å². The maximum absolute atomic E-state index is 12.1. The Hall–Kier alpha value is -2.12. The number of nitrogens with one attached hydrogen (secondary N) is 2. The molecule has 2 aromatic heterocycles. The van der Waals surface area contributed by atoms with E-state index >= 15 is 0 Å². The summed E-state index contributed by atoms with van der Waals surface area (Å²) >= 11 is 5.71. The van der Waals surface area contributed by atoms with Crippen LogP contribution in [0.25, 0.3) is 0 Å². The fourth-order valence-electron chi connectivity index (χ4n) is 2.34. The van der Waals surface area contributed by atoms with Crippen LogP contribution in [0.1, 0.15) is 29.2 Å². The Morgan fingerprint density at radius 1 is 1.45 bits per heavy atom. The molecule has 0 radical (unpaired) electrons. The Labute approximate surface area is 131 Å². The third-order valence-electron chi connectivity index (χ3n) is 3.54. The zero-order valence-electron chi connectivity index (χ0n) is 11.7. The Bertz CT molecular complexity index is 734. The number of rotatable bonds is 3. The van der Waals surface area contributed by atoms with E-state index < -0.39 is 5.56 Å². The molecule has 0 aliphatic carbocycles. The van der Waals surface area contributed by atoms with Crippen LogP contribution in [0.4, 0.5) is 5.69 Å². The molecule has 0 bridgehead atoms. The number of hydrogen-bond donors (Lipinski definition) is 2. The maximum atomic E-state index is 12.1. The Morgan fingerprint density at radius 2 is 2.23 bits per heavy atom. The first-order chi connectivity index (χ1) is 10.6. The molecule has 0 atom stereocenters. The zero-order valence-corrected chi connectivity index (χ0v) is 12.5. The quantitative estimate of drug-likeness (QED) is 0.902. The van der Waals surface area contributed by atoms with E-state index in [-0.39, 0.29) is 16.5 Å². The molecule has 0 aromatic carbocycles. The van der Waals surface area contributed by atoms with E-state index in [0.717, 1.165) is 26.1 Å². The van der Waals surface area contributed by atoms with Crippen molar-refractivity contribution in [2.24, 2.45) is 0 Å². The predicted molar refractivity (Wildman–Crippen MR) is 81.3 cm³/mol. The van der Waals surface area contributed by atoms with E-state index in [1.54, 1.807) is 12.4 Å². The number of amides is 1. The van der Waals surface area contributed by atoms with Gasteiger partial charge < -0.3 is 15.0 Å². The Morgan fingerprint density at radius 3 is 2.95 bits per heavy atom. The number of ether oxygens (including phenoxy) is 1. The van der Waals surface area contributed by atoms with Crippen molar-refractivity contribution < 1.29 is 9.53 Å². The number of aromatic amines is 1. The van der Waals surface area contributed by atoms with E-state index in [1.165, 1.54) is 12.3 Å². The Balaban J connectivity index is 1.70. The molecular formula is C14H15ClN4O3. The molecular weight excluding hydrogens is 308 g/mol. The molecule has 8 heteroatoms. The lowest BCUT2D eigenvalue weighted by Gasteiger charge is -2.22. The van der Waals surface area contributed by atoms with Gasteiger partial charge in [0.05, 0.1) is 23.5 Å². The second kappa shape index (κ2) is 6.33. The van der Waals surface area contributed by atoms with Crippen molar-refractivity contribution in [3.05, 3.63) is 45.6 Å². The number of H-pyrrole nitrogens is 1. The summed E-state index contributed by atoms with van der Waals surface area (Å²) in [5.41, 5.74) is 0.452. The van der Waals surface area contributed by atoms with Gasteiger partial charge in [-0.3, -0.25) is 14.3 Å². The van der Waals surface area contributed by atoms with Crippen LogP contribution >= 0.6 is 11.6 Å². The molecule has 1 saturated heterocycles. The van der Waals surface area contributed by atoms with Crippen molar-refractivity contribution in [3.8, 4) is 0 Å². The molecule has 116 valence electrons. The largest absolute Gasteiger partial charge is 0.381 e. The van der Waals surface area contributed by atoms with E-state index in [9.17, 15) is 9.59 Å². The second-order valence-corrected chi connectivity index (χ2v) is 5.48. The number of pyridine rings is 1. The van der Waals surface area contributed by atoms with E-state index in [4.69, 9.17) is 16.3 Å². The topological polar surface area (TPSA) is 89.0 Å². The van der Waals surface area contributed by atoms with Crippen LogP contribution in [0.15, 0.2) is 29.5 Å². The average molecular weight is 323 g/mol. The molecule has 7 nitrogen and oxygen atoms in total. The molecule has 1 fully saturated rings. The maximum Gasteiger partial charge on any atom is 0.266 e. The molecule has 22 heavy (non-hydrogen) atoms. The molecule has 3 rings (SSSR count). The first-order valence-corrected chi connectivity index (χ1v) is 7.33.